The number of rotatable bonds is 8. The molecule has 0 unspecified atom stereocenters. The van der Waals surface area contributed by atoms with Gasteiger partial charge >= 0.3 is 5.97 Å². The fraction of sp³-hybridized carbons (Fsp3) is 0.857. The lowest BCUT2D eigenvalue weighted by Crippen LogP contribution is -2.43. The molecule has 1 saturated carbocycles. The first-order valence-corrected chi connectivity index (χ1v) is 7.32. The second-order valence-electron chi connectivity index (χ2n) is 5.49. The molecule has 0 aliphatic heterocycles. The van der Waals surface area contributed by atoms with Crippen LogP contribution >= 0.6 is 0 Å². The van der Waals surface area contributed by atoms with Crippen molar-refractivity contribution in [2.75, 3.05) is 19.8 Å². The molecule has 0 atom stereocenters. The van der Waals surface area contributed by atoms with Gasteiger partial charge in [0.2, 0.25) is 5.91 Å². The average molecular weight is 307 g/mol. The van der Waals surface area contributed by atoms with E-state index in [1.807, 2.05) is 0 Å². The molecule has 0 bridgehead atoms. The Kier molecular flexibility index (Phi) is 7.56. The first kappa shape index (κ1) is 17.8. The van der Waals surface area contributed by atoms with Crippen LogP contribution in [-0.4, -0.2) is 43.2 Å². The summed E-state index contributed by atoms with van der Waals surface area (Å²) in [5.41, 5.74) is -0.893. The van der Waals surface area contributed by atoms with Gasteiger partial charge < -0.3 is 15.2 Å². The minimum Gasteiger partial charge on any atom is -0.481 e. The van der Waals surface area contributed by atoms with Gasteiger partial charge in [-0.05, 0) is 12.8 Å². The van der Waals surface area contributed by atoms with E-state index < -0.39 is 24.4 Å². The third-order valence-electron chi connectivity index (χ3n) is 3.86. The zero-order valence-corrected chi connectivity index (χ0v) is 12.1. The number of ether oxygens (including phenoxy) is 1. The molecule has 7 heteroatoms. The fourth-order valence-electron chi connectivity index (χ4n) is 2.57. The predicted octanol–water partition coefficient (Wildman–Crippen LogP) is 2.20. The molecule has 1 fully saturated rings. The molecular formula is C14H23F2NO4. The lowest BCUT2D eigenvalue weighted by Gasteiger charge is -2.28. The van der Waals surface area contributed by atoms with E-state index in [1.165, 1.54) is 0 Å². The standard InChI is InChI=1S/C14H23F2NO4/c15-11(16)9-21-8-5-12(18)17-10-14(13(19)20)6-3-1-2-4-7-14/h11H,1-10H2,(H,17,18)(H,19,20). The third-order valence-corrected chi connectivity index (χ3v) is 3.86. The molecule has 1 rings (SSSR count). The van der Waals surface area contributed by atoms with Crippen molar-refractivity contribution in [3.63, 3.8) is 0 Å². The van der Waals surface area contributed by atoms with Crippen molar-refractivity contribution in [2.45, 2.75) is 51.4 Å². The Labute approximate surface area is 123 Å². The highest BCUT2D eigenvalue weighted by molar-refractivity contribution is 5.79. The molecule has 1 amide bonds. The first-order chi connectivity index (χ1) is 9.96. The van der Waals surface area contributed by atoms with Crippen LogP contribution in [0.4, 0.5) is 8.78 Å². The third kappa shape index (κ3) is 6.37. The van der Waals surface area contributed by atoms with Gasteiger partial charge in [0.1, 0.15) is 6.61 Å². The van der Waals surface area contributed by atoms with E-state index in [0.29, 0.717) is 12.8 Å². The SMILES string of the molecule is O=C(CCOCC(F)F)NCC1(C(=O)O)CCCCCC1. The highest BCUT2D eigenvalue weighted by Crippen LogP contribution is 2.34. The smallest absolute Gasteiger partial charge is 0.311 e. The molecule has 1 aliphatic carbocycles. The van der Waals surface area contributed by atoms with Gasteiger partial charge in [0.05, 0.1) is 12.0 Å². The lowest BCUT2D eigenvalue weighted by atomic mass is 9.80. The Balaban J connectivity index is 2.35. The molecule has 0 aromatic carbocycles. The normalized spacial score (nSPS) is 18.2. The van der Waals surface area contributed by atoms with E-state index in [9.17, 15) is 23.5 Å². The molecule has 0 radical (unpaired) electrons. The van der Waals surface area contributed by atoms with Gasteiger partial charge in [0, 0.05) is 13.0 Å². The van der Waals surface area contributed by atoms with Crippen molar-refractivity contribution in [3.05, 3.63) is 0 Å². The minimum atomic E-state index is -2.55. The van der Waals surface area contributed by atoms with Crippen LogP contribution in [0, 0.1) is 5.41 Å². The van der Waals surface area contributed by atoms with E-state index >= 15 is 0 Å². The molecule has 122 valence electrons. The topological polar surface area (TPSA) is 75.6 Å². The van der Waals surface area contributed by atoms with E-state index in [0.717, 1.165) is 25.7 Å². The Hall–Kier alpha value is -1.24. The lowest BCUT2D eigenvalue weighted by molar-refractivity contribution is -0.149. The number of carbonyl (C=O) groups is 2. The van der Waals surface area contributed by atoms with Crippen molar-refractivity contribution in [2.24, 2.45) is 5.41 Å². The molecule has 0 saturated heterocycles. The molecule has 1 aliphatic rings. The van der Waals surface area contributed by atoms with Crippen LogP contribution in [0.25, 0.3) is 0 Å². The van der Waals surface area contributed by atoms with E-state index in [4.69, 9.17) is 0 Å². The summed E-state index contributed by atoms with van der Waals surface area (Å²) in [5.74, 6) is -1.24. The highest BCUT2D eigenvalue weighted by Gasteiger charge is 2.38. The Morgan fingerprint density at radius 3 is 2.33 bits per heavy atom. The second kappa shape index (κ2) is 8.92. The number of aliphatic carboxylic acids is 1. The number of hydrogen-bond acceptors (Lipinski definition) is 3. The predicted molar refractivity (Wildman–Crippen MR) is 72.2 cm³/mol. The van der Waals surface area contributed by atoms with Gasteiger partial charge in [0.25, 0.3) is 6.43 Å². The monoisotopic (exact) mass is 307 g/mol. The number of halogens is 2. The summed E-state index contributed by atoms with van der Waals surface area (Å²) >= 11 is 0. The molecule has 5 nitrogen and oxygen atoms in total. The maximum Gasteiger partial charge on any atom is 0.311 e. The summed E-state index contributed by atoms with van der Waals surface area (Å²) in [7, 11) is 0. The first-order valence-electron chi connectivity index (χ1n) is 7.32. The zero-order chi connectivity index (χ0) is 15.7. The molecule has 21 heavy (non-hydrogen) atoms. The maximum absolute atomic E-state index is 11.8. The zero-order valence-electron chi connectivity index (χ0n) is 12.1. The fourth-order valence-corrected chi connectivity index (χ4v) is 2.57. The van der Waals surface area contributed by atoms with Crippen LogP contribution in [0.1, 0.15) is 44.9 Å². The van der Waals surface area contributed by atoms with Crippen molar-refractivity contribution in [3.8, 4) is 0 Å². The number of amides is 1. The summed E-state index contributed by atoms with van der Waals surface area (Å²) in [4.78, 5) is 23.1. The van der Waals surface area contributed by atoms with Crippen molar-refractivity contribution in [1.29, 1.82) is 0 Å². The highest BCUT2D eigenvalue weighted by atomic mass is 19.3. The summed E-state index contributed by atoms with van der Waals surface area (Å²) in [5, 5.41) is 12.0. The molecule has 0 aromatic rings. The van der Waals surface area contributed by atoms with Crippen LogP contribution in [0.5, 0.6) is 0 Å². The van der Waals surface area contributed by atoms with E-state index in [2.05, 4.69) is 10.1 Å². The quantitative estimate of drug-likeness (QED) is 0.532. The van der Waals surface area contributed by atoms with Gasteiger partial charge in [-0.25, -0.2) is 8.78 Å². The molecular weight excluding hydrogens is 284 g/mol. The van der Waals surface area contributed by atoms with E-state index in [-0.39, 0.29) is 25.5 Å². The van der Waals surface area contributed by atoms with Crippen molar-refractivity contribution >= 4 is 11.9 Å². The summed E-state index contributed by atoms with van der Waals surface area (Å²) in [6, 6.07) is 0. The number of carboxylic acids is 1. The number of nitrogens with one attached hydrogen (secondary N) is 1. The van der Waals surface area contributed by atoms with Gasteiger partial charge in [-0.15, -0.1) is 0 Å². The molecule has 0 aromatic heterocycles. The molecule has 2 N–H and O–H groups in total. The minimum absolute atomic E-state index is 0.0393. The maximum atomic E-state index is 11.8. The van der Waals surface area contributed by atoms with Gasteiger partial charge in [-0.3, -0.25) is 9.59 Å². The summed E-state index contributed by atoms with van der Waals surface area (Å²) in [6.07, 6.45) is 2.26. The number of alkyl halides is 2. The van der Waals surface area contributed by atoms with Gasteiger partial charge in [-0.2, -0.15) is 0 Å². The van der Waals surface area contributed by atoms with Crippen LogP contribution in [0.2, 0.25) is 0 Å². The van der Waals surface area contributed by atoms with Crippen molar-refractivity contribution in [1.82, 2.24) is 5.32 Å². The number of carbonyl (C=O) groups excluding carboxylic acids is 1. The molecule has 0 heterocycles. The van der Waals surface area contributed by atoms with Crippen LogP contribution < -0.4 is 5.32 Å². The van der Waals surface area contributed by atoms with Gasteiger partial charge in [0.15, 0.2) is 0 Å². The second-order valence-corrected chi connectivity index (χ2v) is 5.49. The average Bonchev–Trinajstić information content (AvgIpc) is 2.67. The molecule has 0 spiro atoms. The summed E-state index contributed by atoms with van der Waals surface area (Å²) < 4.78 is 28.3. The van der Waals surface area contributed by atoms with E-state index in [1.54, 1.807) is 0 Å². The van der Waals surface area contributed by atoms with Gasteiger partial charge in [-0.1, -0.05) is 25.7 Å². The number of hydrogen-bond donors (Lipinski definition) is 2. The summed E-state index contributed by atoms with van der Waals surface area (Å²) in [6.45, 7) is -0.682. The van der Waals surface area contributed by atoms with Crippen molar-refractivity contribution < 1.29 is 28.2 Å². The Bertz CT molecular complexity index is 342. The van der Waals surface area contributed by atoms with Crippen LogP contribution in [-0.2, 0) is 14.3 Å². The largest absolute Gasteiger partial charge is 0.481 e. The van der Waals surface area contributed by atoms with Crippen LogP contribution in [0.15, 0.2) is 0 Å². The Morgan fingerprint density at radius 2 is 1.81 bits per heavy atom. The van der Waals surface area contributed by atoms with Crippen LogP contribution in [0.3, 0.4) is 0 Å². The Morgan fingerprint density at radius 1 is 1.19 bits per heavy atom. The number of carboxylic acid groups (broad SMARTS) is 1.